The number of carboxylic acid groups (broad SMARTS) is 1. The van der Waals surface area contributed by atoms with Crippen molar-refractivity contribution < 1.29 is 23.5 Å². The largest absolute Gasteiger partial charge is 0.465 e. The van der Waals surface area contributed by atoms with Crippen molar-refractivity contribution in [2.75, 3.05) is 26.2 Å². The van der Waals surface area contributed by atoms with E-state index < -0.39 is 36.9 Å². The van der Waals surface area contributed by atoms with E-state index in [1.807, 2.05) is 0 Å². The zero-order valence-corrected chi connectivity index (χ0v) is 11.7. The molecule has 0 spiro atoms. The van der Waals surface area contributed by atoms with Crippen LogP contribution in [0.3, 0.4) is 0 Å². The summed E-state index contributed by atoms with van der Waals surface area (Å²) in [5.41, 5.74) is 0. The van der Waals surface area contributed by atoms with Gasteiger partial charge in [-0.15, -0.1) is 0 Å². The van der Waals surface area contributed by atoms with Gasteiger partial charge in [-0.3, -0.25) is 4.79 Å². The van der Waals surface area contributed by atoms with Gasteiger partial charge in [0.1, 0.15) is 6.04 Å². The Morgan fingerprint density at radius 2 is 2.00 bits per heavy atom. The molecule has 3 rings (SSSR count). The predicted molar refractivity (Wildman–Crippen MR) is 69.0 cm³/mol. The number of amides is 2. The van der Waals surface area contributed by atoms with Crippen LogP contribution in [0.25, 0.3) is 0 Å². The average Bonchev–Trinajstić information content (AvgIpc) is 2.81. The fourth-order valence-corrected chi connectivity index (χ4v) is 3.49. The average molecular weight is 314 g/mol. The first-order chi connectivity index (χ1) is 10.3. The lowest BCUT2D eigenvalue weighted by Gasteiger charge is -2.20. The number of piperidine rings is 1. The van der Waals surface area contributed by atoms with Crippen LogP contribution in [0, 0.1) is 23.2 Å². The second-order valence-electron chi connectivity index (χ2n) is 6.15. The molecule has 120 valence electrons. The van der Waals surface area contributed by atoms with E-state index in [2.05, 4.69) is 5.32 Å². The number of nitriles is 1. The van der Waals surface area contributed by atoms with Crippen LogP contribution in [0.4, 0.5) is 13.6 Å². The van der Waals surface area contributed by atoms with E-state index in [0.717, 1.165) is 4.90 Å². The number of nitrogens with one attached hydrogen (secondary N) is 1. The molecule has 3 fully saturated rings. The summed E-state index contributed by atoms with van der Waals surface area (Å²) in [6.45, 7) is 0.0674. The quantitative estimate of drug-likeness (QED) is 0.761. The first-order valence-electron chi connectivity index (χ1n) is 7.10. The highest BCUT2D eigenvalue weighted by Crippen LogP contribution is 2.45. The Balaban J connectivity index is 1.47. The number of rotatable bonds is 3. The molecule has 3 aliphatic rings. The van der Waals surface area contributed by atoms with Crippen molar-refractivity contribution in [3.8, 4) is 6.07 Å². The Kier molecular flexibility index (Phi) is 3.44. The van der Waals surface area contributed by atoms with Gasteiger partial charge >= 0.3 is 6.09 Å². The van der Waals surface area contributed by atoms with Crippen LogP contribution in [-0.2, 0) is 4.79 Å². The van der Waals surface area contributed by atoms with Gasteiger partial charge in [0.15, 0.2) is 0 Å². The first kappa shape index (κ1) is 15.0. The van der Waals surface area contributed by atoms with Gasteiger partial charge in [0.25, 0.3) is 5.92 Å². The Morgan fingerprint density at radius 1 is 1.36 bits per heavy atom. The maximum atomic E-state index is 13.3. The standard InChI is InChI=1S/C13H16F2N4O3/c14-13(15)1-7(2-16)19(6-13)10(20)3-17-11-8-4-18(12(21)22)5-9(8)11/h7-9,11,17H,1,3-6H2,(H,21,22). The number of fused-ring (bicyclic) bond motifs is 1. The summed E-state index contributed by atoms with van der Waals surface area (Å²) in [5.74, 6) is -3.14. The van der Waals surface area contributed by atoms with Crippen molar-refractivity contribution in [3.05, 3.63) is 0 Å². The van der Waals surface area contributed by atoms with E-state index in [9.17, 15) is 18.4 Å². The summed E-state index contributed by atoms with van der Waals surface area (Å²) in [6, 6.07) is 0.718. The van der Waals surface area contributed by atoms with Crippen LogP contribution in [0.5, 0.6) is 0 Å². The Hall–Kier alpha value is -1.95. The number of alkyl halides is 2. The molecule has 0 aromatic carbocycles. The lowest BCUT2D eigenvalue weighted by molar-refractivity contribution is -0.131. The molecule has 0 radical (unpaired) electrons. The summed E-state index contributed by atoms with van der Waals surface area (Å²) in [6.07, 6.45) is -1.56. The fraction of sp³-hybridized carbons (Fsp3) is 0.769. The van der Waals surface area contributed by atoms with Gasteiger partial charge < -0.3 is 20.2 Å². The fourth-order valence-electron chi connectivity index (χ4n) is 3.49. The third-order valence-electron chi connectivity index (χ3n) is 4.69. The predicted octanol–water partition coefficient (Wildman–Crippen LogP) is -0.0560. The maximum absolute atomic E-state index is 13.3. The molecular weight excluding hydrogens is 298 g/mol. The molecule has 0 bridgehead atoms. The molecule has 22 heavy (non-hydrogen) atoms. The maximum Gasteiger partial charge on any atom is 0.407 e. The van der Waals surface area contributed by atoms with Gasteiger partial charge in [-0.05, 0) is 11.8 Å². The first-order valence-corrected chi connectivity index (χ1v) is 7.10. The van der Waals surface area contributed by atoms with E-state index in [0.29, 0.717) is 13.1 Å². The summed E-state index contributed by atoms with van der Waals surface area (Å²) >= 11 is 0. The highest BCUT2D eigenvalue weighted by atomic mass is 19.3. The van der Waals surface area contributed by atoms with Gasteiger partial charge in [-0.25, -0.2) is 13.6 Å². The second-order valence-corrected chi connectivity index (χ2v) is 6.15. The molecule has 3 unspecified atom stereocenters. The molecule has 1 aliphatic carbocycles. The van der Waals surface area contributed by atoms with Crippen LogP contribution in [0.15, 0.2) is 0 Å². The number of nitrogens with zero attached hydrogens (tertiary/aromatic N) is 3. The van der Waals surface area contributed by atoms with E-state index in [4.69, 9.17) is 10.4 Å². The molecule has 2 amide bonds. The normalized spacial score (nSPS) is 35.1. The summed E-state index contributed by atoms with van der Waals surface area (Å²) in [7, 11) is 0. The van der Waals surface area contributed by atoms with Gasteiger partial charge in [0, 0.05) is 25.6 Å². The van der Waals surface area contributed by atoms with Gasteiger partial charge in [-0.1, -0.05) is 0 Å². The molecule has 0 aromatic rings. The van der Waals surface area contributed by atoms with E-state index in [1.165, 1.54) is 4.90 Å². The minimum Gasteiger partial charge on any atom is -0.465 e. The van der Waals surface area contributed by atoms with Gasteiger partial charge in [-0.2, -0.15) is 5.26 Å². The van der Waals surface area contributed by atoms with Crippen molar-refractivity contribution in [3.63, 3.8) is 0 Å². The third-order valence-corrected chi connectivity index (χ3v) is 4.69. The van der Waals surface area contributed by atoms with Crippen LogP contribution in [-0.4, -0.2) is 71.1 Å². The lowest BCUT2D eigenvalue weighted by atomic mass is 10.2. The summed E-state index contributed by atoms with van der Waals surface area (Å²) < 4.78 is 26.6. The highest BCUT2D eigenvalue weighted by molar-refractivity contribution is 5.79. The molecule has 2 N–H and O–H groups in total. The minimum atomic E-state index is -3.01. The molecule has 2 saturated heterocycles. The number of hydrogen-bond donors (Lipinski definition) is 2. The number of hydrogen-bond acceptors (Lipinski definition) is 4. The van der Waals surface area contributed by atoms with Crippen molar-refractivity contribution in [2.24, 2.45) is 11.8 Å². The summed E-state index contributed by atoms with van der Waals surface area (Å²) in [5, 5.41) is 20.7. The van der Waals surface area contributed by atoms with Crippen molar-refractivity contribution in [1.82, 2.24) is 15.1 Å². The second kappa shape index (κ2) is 5.05. The monoisotopic (exact) mass is 314 g/mol. The number of carbonyl (C=O) groups excluding carboxylic acids is 1. The number of halogens is 2. The molecule has 2 heterocycles. The van der Waals surface area contributed by atoms with Crippen LogP contribution in [0.2, 0.25) is 0 Å². The molecule has 3 atom stereocenters. The number of carbonyl (C=O) groups is 2. The summed E-state index contributed by atoms with van der Waals surface area (Å²) in [4.78, 5) is 25.0. The van der Waals surface area contributed by atoms with E-state index in [1.54, 1.807) is 6.07 Å². The lowest BCUT2D eigenvalue weighted by Crippen LogP contribution is -2.43. The van der Waals surface area contributed by atoms with Crippen molar-refractivity contribution in [2.45, 2.75) is 24.4 Å². The van der Waals surface area contributed by atoms with Gasteiger partial charge in [0.2, 0.25) is 5.91 Å². The van der Waals surface area contributed by atoms with Crippen LogP contribution < -0.4 is 5.32 Å². The molecule has 9 heteroatoms. The van der Waals surface area contributed by atoms with Crippen molar-refractivity contribution >= 4 is 12.0 Å². The Labute approximate surface area is 125 Å². The van der Waals surface area contributed by atoms with Gasteiger partial charge in [0.05, 0.1) is 19.2 Å². The number of likely N-dealkylation sites (tertiary alicyclic amines) is 2. The Morgan fingerprint density at radius 3 is 2.55 bits per heavy atom. The Bertz CT molecular complexity index is 538. The van der Waals surface area contributed by atoms with Crippen LogP contribution >= 0.6 is 0 Å². The molecule has 1 saturated carbocycles. The molecule has 2 aliphatic heterocycles. The molecule has 7 nitrogen and oxygen atoms in total. The smallest absolute Gasteiger partial charge is 0.407 e. The molecular formula is C13H16F2N4O3. The highest BCUT2D eigenvalue weighted by Gasteiger charge is 2.57. The minimum absolute atomic E-state index is 0.0585. The zero-order chi connectivity index (χ0) is 16.1. The topological polar surface area (TPSA) is 96.7 Å². The van der Waals surface area contributed by atoms with Crippen molar-refractivity contribution in [1.29, 1.82) is 5.26 Å². The van der Waals surface area contributed by atoms with E-state index in [-0.39, 0.29) is 24.4 Å². The SMILES string of the molecule is N#CC1CC(F)(F)CN1C(=O)CNC1C2CN(C(=O)O)CC21. The molecule has 0 aromatic heterocycles. The zero-order valence-electron chi connectivity index (χ0n) is 11.7. The third kappa shape index (κ3) is 2.59. The van der Waals surface area contributed by atoms with Crippen LogP contribution in [0.1, 0.15) is 6.42 Å². The van der Waals surface area contributed by atoms with E-state index >= 15 is 0 Å².